The molecule has 0 N–H and O–H groups in total. The maximum Gasteiger partial charge on any atom is 0.271 e. The first kappa shape index (κ1) is 16.6. The number of benzene rings is 1. The number of anilines is 1. The zero-order valence-electron chi connectivity index (χ0n) is 13.7. The third kappa shape index (κ3) is 3.42. The predicted octanol–water partition coefficient (Wildman–Crippen LogP) is 4.05. The lowest BCUT2D eigenvalue weighted by atomic mass is 10.2. The highest BCUT2D eigenvalue weighted by Gasteiger charge is 2.34. The van der Waals surface area contributed by atoms with E-state index in [4.69, 9.17) is 0 Å². The molecule has 0 atom stereocenters. The molecule has 1 aromatic carbocycles. The maximum atomic E-state index is 13.0. The van der Waals surface area contributed by atoms with Crippen molar-refractivity contribution in [2.45, 2.75) is 6.92 Å². The van der Waals surface area contributed by atoms with Crippen LogP contribution in [0.1, 0.15) is 10.6 Å². The number of hydrogen-bond donors (Lipinski definition) is 0. The normalized spacial score (nSPS) is 17.4. The van der Waals surface area contributed by atoms with E-state index in [0.717, 1.165) is 16.3 Å². The zero-order valence-corrected chi connectivity index (χ0v) is 15.4. The number of amides is 1. The number of hydrogen-bond acceptors (Lipinski definition) is 7. The highest BCUT2D eigenvalue weighted by atomic mass is 32.2. The molecule has 2 aromatic heterocycles. The second-order valence-electron chi connectivity index (χ2n) is 5.37. The molecule has 4 rings (SSSR count). The molecule has 3 heterocycles. The van der Waals surface area contributed by atoms with E-state index in [1.165, 1.54) is 23.1 Å². The third-order valence-corrected chi connectivity index (χ3v) is 5.23. The fraction of sp³-hybridized carbons (Fsp3) is 0.0556. The topological polar surface area (TPSA) is 71.3 Å². The van der Waals surface area contributed by atoms with Gasteiger partial charge in [-0.05, 0) is 54.6 Å². The van der Waals surface area contributed by atoms with E-state index in [0.29, 0.717) is 15.2 Å². The molecule has 0 bridgehead atoms. The molecule has 1 aliphatic heterocycles. The van der Waals surface area contributed by atoms with Crippen LogP contribution in [0.5, 0.6) is 0 Å². The summed E-state index contributed by atoms with van der Waals surface area (Å²) >= 11 is 2.72. The molecule has 3 aromatic rings. The summed E-state index contributed by atoms with van der Waals surface area (Å²) in [5.41, 5.74) is 1.68. The summed E-state index contributed by atoms with van der Waals surface area (Å²) in [6, 6.07) is 13.2. The van der Waals surface area contributed by atoms with Crippen LogP contribution in [0, 0.1) is 6.92 Å². The monoisotopic (exact) mass is 379 g/mol. The zero-order chi connectivity index (χ0) is 17.9. The number of aliphatic imine (C=N–C) groups is 1. The minimum absolute atomic E-state index is 0.113. The van der Waals surface area contributed by atoms with Gasteiger partial charge >= 0.3 is 0 Å². The van der Waals surface area contributed by atoms with Gasteiger partial charge in [0.1, 0.15) is 5.01 Å². The Balaban J connectivity index is 1.77. The van der Waals surface area contributed by atoms with Crippen LogP contribution in [0.4, 0.5) is 10.8 Å². The quantitative estimate of drug-likeness (QED) is 0.642. The van der Waals surface area contributed by atoms with Crippen LogP contribution in [0.15, 0.2) is 64.8 Å². The minimum atomic E-state index is -0.113. The van der Waals surface area contributed by atoms with Crippen molar-refractivity contribution in [2.75, 3.05) is 4.90 Å². The molecule has 6 nitrogen and oxygen atoms in total. The average molecular weight is 379 g/mol. The Morgan fingerprint density at radius 3 is 2.54 bits per heavy atom. The van der Waals surface area contributed by atoms with Crippen molar-refractivity contribution in [3.05, 3.63) is 70.3 Å². The van der Waals surface area contributed by atoms with Crippen molar-refractivity contribution in [3.8, 4) is 0 Å². The SMILES string of the molecule is Cc1nnc(/N=C2/S/C(=C\c3ccncc3)C(=O)N2c2ccccc2)s1. The number of aromatic nitrogens is 3. The van der Waals surface area contributed by atoms with Crippen molar-refractivity contribution < 1.29 is 4.79 Å². The fourth-order valence-corrected chi connectivity index (χ4v) is 3.98. The van der Waals surface area contributed by atoms with E-state index < -0.39 is 0 Å². The van der Waals surface area contributed by atoms with Crippen LogP contribution in [-0.2, 0) is 4.79 Å². The summed E-state index contributed by atoms with van der Waals surface area (Å²) in [6.07, 6.45) is 5.24. The lowest BCUT2D eigenvalue weighted by Crippen LogP contribution is -2.28. The van der Waals surface area contributed by atoms with Crippen molar-refractivity contribution in [1.82, 2.24) is 15.2 Å². The fourth-order valence-electron chi connectivity index (χ4n) is 2.38. The molecule has 0 aliphatic carbocycles. The van der Waals surface area contributed by atoms with Crippen LogP contribution in [0.2, 0.25) is 0 Å². The number of thioether (sulfide) groups is 1. The first-order valence-corrected chi connectivity index (χ1v) is 9.42. The summed E-state index contributed by atoms with van der Waals surface area (Å²) in [7, 11) is 0. The molecule has 128 valence electrons. The second-order valence-corrected chi connectivity index (χ2v) is 7.53. The van der Waals surface area contributed by atoms with E-state index in [1.54, 1.807) is 17.3 Å². The van der Waals surface area contributed by atoms with Crippen molar-refractivity contribution in [2.24, 2.45) is 4.99 Å². The molecule has 0 saturated carbocycles. The number of nitrogens with zero attached hydrogens (tertiary/aromatic N) is 5. The van der Waals surface area contributed by atoms with Gasteiger partial charge in [0.25, 0.3) is 5.91 Å². The smallest absolute Gasteiger partial charge is 0.268 e. The largest absolute Gasteiger partial charge is 0.271 e. The second kappa shape index (κ2) is 7.19. The van der Waals surface area contributed by atoms with Crippen LogP contribution in [-0.4, -0.2) is 26.3 Å². The standard InChI is InChI=1S/C18H13N5OS2/c1-12-21-22-17(25-12)20-18-23(14-5-3-2-4-6-14)16(24)15(26-18)11-13-7-9-19-10-8-13/h2-11H,1H3/b15-11-,20-18+. The van der Waals surface area contributed by atoms with Crippen LogP contribution >= 0.6 is 23.1 Å². The van der Waals surface area contributed by atoms with Gasteiger partial charge in [0.05, 0.1) is 10.6 Å². The Morgan fingerprint density at radius 2 is 1.85 bits per heavy atom. The van der Waals surface area contributed by atoms with E-state index in [1.807, 2.05) is 55.5 Å². The van der Waals surface area contributed by atoms with Crippen molar-refractivity contribution in [1.29, 1.82) is 0 Å². The molecule has 0 spiro atoms. The van der Waals surface area contributed by atoms with Gasteiger partial charge in [-0.15, -0.1) is 10.2 Å². The lowest BCUT2D eigenvalue weighted by Gasteiger charge is -2.14. The molecule has 1 fully saturated rings. The average Bonchev–Trinajstić information content (AvgIpc) is 3.20. The summed E-state index contributed by atoms with van der Waals surface area (Å²) in [6.45, 7) is 1.87. The third-order valence-electron chi connectivity index (χ3n) is 3.53. The van der Waals surface area contributed by atoms with Gasteiger partial charge in [-0.25, -0.2) is 0 Å². The molecule has 1 saturated heterocycles. The van der Waals surface area contributed by atoms with Crippen molar-refractivity contribution in [3.63, 3.8) is 0 Å². The molecule has 1 amide bonds. The number of carbonyl (C=O) groups excluding carboxylic acids is 1. The van der Waals surface area contributed by atoms with Gasteiger partial charge in [0, 0.05) is 12.4 Å². The van der Waals surface area contributed by atoms with Gasteiger partial charge in [0.15, 0.2) is 5.17 Å². The van der Waals surface area contributed by atoms with E-state index in [-0.39, 0.29) is 5.91 Å². The summed E-state index contributed by atoms with van der Waals surface area (Å²) < 4.78 is 0. The summed E-state index contributed by atoms with van der Waals surface area (Å²) in [5.74, 6) is -0.113. The number of pyridine rings is 1. The number of para-hydroxylation sites is 1. The van der Waals surface area contributed by atoms with E-state index >= 15 is 0 Å². The highest BCUT2D eigenvalue weighted by Crippen LogP contribution is 2.37. The Kier molecular flexibility index (Phi) is 4.59. The molecular formula is C18H13N5OS2. The first-order valence-electron chi connectivity index (χ1n) is 7.78. The summed E-state index contributed by atoms with van der Waals surface area (Å²) in [4.78, 5) is 23.8. The molecule has 1 aliphatic rings. The molecule has 8 heteroatoms. The number of aryl methyl sites for hydroxylation is 1. The van der Waals surface area contributed by atoms with Crippen LogP contribution < -0.4 is 4.90 Å². The van der Waals surface area contributed by atoms with Crippen LogP contribution in [0.3, 0.4) is 0 Å². The Hall–Kier alpha value is -2.84. The highest BCUT2D eigenvalue weighted by molar-refractivity contribution is 8.19. The van der Waals surface area contributed by atoms with Gasteiger partial charge in [-0.2, -0.15) is 4.99 Å². The van der Waals surface area contributed by atoms with Gasteiger partial charge in [-0.3, -0.25) is 14.7 Å². The van der Waals surface area contributed by atoms with Gasteiger partial charge < -0.3 is 0 Å². The summed E-state index contributed by atoms with van der Waals surface area (Å²) in [5, 5.41) is 9.96. The lowest BCUT2D eigenvalue weighted by molar-refractivity contribution is -0.113. The minimum Gasteiger partial charge on any atom is -0.268 e. The number of amidine groups is 1. The molecule has 0 unspecified atom stereocenters. The van der Waals surface area contributed by atoms with Crippen LogP contribution in [0.25, 0.3) is 6.08 Å². The Bertz CT molecular complexity index is 999. The first-order chi connectivity index (χ1) is 12.7. The van der Waals surface area contributed by atoms with Gasteiger partial charge in [-0.1, -0.05) is 29.5 Å². The van der Waals surface area contributed by atoms with E-state index in [2.05, 4.69) is 20.2 Å². The maximum absolute atomic E-state index is 13.0. The number of rotatable bonds is 3. The van der Waals surface area contributed by atoms with E-state index in [9.17, 15) is 4.79 Å². The predicted molar refractivity (Wildman–Crippen MR) is 105 cm³/mol. The molecule has 26 heavy (non-hydrogen) atoms. The number of carbonyl (C=O) groups is 1. The van der Waals surface area contributed by atoms with Crippen molar-refractivity contribution >= 4 is 51.1 Å². The van der Waals surface area contributed by atoms with Gasteiger partial charge in [0.2, 0.25) is 5.13 Å². The Labute approximate surface area is 158 Å². The Morgan fingerprint density at radius 1 is 1.08 bits per heavy atom. The molecule has 0 radical (unpaired) electrons. The molecular weight excluding hydrogens is 366 g/mol.